The molecule has 4 rings (SSSR count). The molecule has 0 atom stereocenters. The highest BCUT2D eigenvalue weighted by Crippen LogP contribution is 2.32. The average Bonchev–Trinajstić information content (AvgIpc) is 2.79. The number of amides is 3. The maximum Gasteiger partial charge on any atom is 0.323 e. The molecule has 1 heterocycles. The zero-order valence-electron chi connectivity index (χ0n) is 17.0. The van der Waals surface area contributed by atoms with Gasteiger partial charge in [0.1, 0.15) is 5.75 Å². The van der Waals surface area contributed by atoms with Crippen molar-refractivity contribution in [2.24, 2.45) is 0 Å². The molecule has 1 aliphatic rings. The van der Waals surface area contributed by atoms with E-state index in [0.29, 0.717) is 34.3 Å². The first kappa shape index (κ1) is 20.8. The topological polar surface area (TPSA) is 70.7 Å². The van der Waals surface area contributed by atoms with E-state index in [4.69, 9.17) is 16.3 Å². The molecule has 0 aromatic heterocycles. The number of rotatable bonds is 4. The van der Waals surface area contributed by atoms with Crippen LogP contribution < -0.4 is 20.3 Å². The van der Waals surface area contributed by atoms with E-state index in [1.165, 1.54) is 7.11 Å². The largest absolute Gasteiger partial charge is 0.495 e. The lowest BCUT2D eigenvalue weighted by Gasteiger charge is -2.30. The second-order valence-corrected chi connectivity index (χ2v) is 7.63. The summed E-state index contributed by atoms with van der Waals surface area (Å²) in [7, 11) is 1.52. The number of anilines is 3. The number of urea groups is 1. The fourth-order valence-electron chi connectivity index (χ4n) is 3.66. The molecule has 2 N–H and O–H groups in total. The van der Waals surface area contributed by atoms with E-state index in [1.54, 1.807) is 23.1 Å². The first-order chi connectivity index (χ1) is 15.0. The Labute approximate surface area is 185 Å². The van der Waals surface area contributed by atoms with Crippen LogP contribution in [0.25, 0.3) is 0 Å². The second-order valence-electron chi connectivity index (χ2n) is 7.19. The van der Waals surface area contributed by atoms with Crippen LogP contribution in [-0.4, -0.2) is 25.6 Å². The smallest absolute Gasteiger partial charge is 0.323 e. The molecule has 6 nitrogen and oxygen atoms in total. The van der Waals surface area contributed by atoms with Crippen LogP contribution in [0.1, 0.15) is 22.3 Å². The van der Waals surface area contributed by atoms with Crippen molar-refractivity contribution in [2.45, 2.75) is 12.8 Å². The summed E-state index contributed by atoms with van der Waals surface area (Å²) in [5.41, 5.74) is 3.59. The van der Waals surface area contributed by atoms with Crippen LogP contribution in [0, 0.1) is 0 Å². The quantitative estimate of drug-likeness (QED) is 0.561. The zero-order valence-corrected chi connectivity index (χ0v) is 17.8. The van der Waals surface area contributed by atoms with Gasteiger partial charge in [0.2, 0.25) is 0 Å². The van der Waals surface area contributed by atoms with Crippen LogP contribution in [0.2, 0.25) is 5.02 Å². The number of aryl methyl sites for hydroxylation is 1. The lowest BCUT2D eigenvalue weighted by molar-refractivity contribution is 0.0985. The second kappa shape index (κ2) is 9.10. The minimum atomic E-state index is -0.433. The molecule has 0 aliphatic carbocycles. The Morgan fingerprint density at radius 3 is 2.58 bits per heavy atom. The predicted molar refractivity (Wildman–Crippen MR) is 124 cm³/mol. The van der Waals surface area contributed by atoms with Gasteiger partial charge >= 0.3 is 6.03 Å². The summed E-state index contributed by atoms with van der Waals surface area (Å²) in [4.78, 5) is 27.4. The van der Waals surface area contributed by atoms with E-state index >= 15 is 0 Å². The van der Waals surface area contributed by atoms with Crippen LogP contribution in [-0.2, 0) is 6.42 Å². The highest BCUT2D eigenvalue weighted by atomic mass is 35.5. The van der Waals surface area contributed by atoms with Crippen LogP contribution in [0.5, 0.6) is 5.75 Å². The molecule has 7 heteroatoms. The Morgan fingerprint density at radius 2 is 1.81 bits per heavy atom. The molecule has 0 fully saturated rings. The van der Waals surface area contributed by atoms with Gasteiger partial charge in [-0.2, -0.15) is 0 Å². The zero-order chi connectivity index (χ0) is 21.8. The third kappa shape index (κ3) is 4.64. The molecule has 3 aromatic carbocycles. The molecule has 0 unspecified atom stereocenters. The van der Waals surface area contributed by atoms with Crippen LogP contribution in [0.15, 0.2) is 66.7 Å². The van der Waals surface area contributed by atoms with E-state index < -0.39 is 6.03 Å². The van der Waals surface area contributed by atoms with Crippen molar-refractivity contribution in [1.29, 1.82) is 0 Å². The Balaban J connectivity index is 1.54. The molecular weight excluding hydrogens is 414 g/mol. The van der Waals surface area contributed by atoms with Gasteiger partial charge in [0, 0.05) is 28.5 Å². The van der Waals surface area contributed by atoms with Gasteiger partial charge in [0.05, 0.1) is 12.8 Å². The van der Waals surface area contributed by atoms with Crippen molar-refractivity contribution in [3.05, 3.63) is 82.9 Å². The van der Waals surface area contributed by atoms with Gasteiger partial charge in [-0.05, 0) is 60.9 Å². The normalized spacial score (nSPS) is 12.6. The average molecular weight is 436 g/mol. The summed E-state index contributed by atoms with van der Waals surface area (Å²) in [5.74, 6) is 0.455. The molecule has 0 saturated heterocycles. The molecule has 1 aliphatic heterocycles. The molecule has 158 valence electrons. The number of hydrogen-bond donors (Lipinski definition) is 2. The first-order valence-corrected chi connectivity index (χ1v) is 10.3. The number of benzene rings is 3. The van der Waals surface area contributed by atoms with Crippen molar-refractivity contribution >= 4 is 40.6 Å². The lowest BCUT2D eigenvalue weighted by atomic mass is 10.00. The van der Waals surface area contributed by atoms with Gasteiger partial charge in [-0.15, -0.1) is 0 Å². The van der Waals surface area contributed by atoms with Gasteiger partial charge in [-0.25, -0.2) is 4.79 Å². The van der Waals surface area contributed by atoms with Crippen molar-refractivity contribution in [1.82, 2.24) is 0 Å². The highest BCUT2D eigenvalue weighted by Gasteiger charge is 2.24. The summed E-state index contributed by atoms with van der Waals surface area (Å²) >= 11 is 6.03. The number of hydrogen-bond acceptors (Lipinski definition) is 3. The fraction of sp³-hybridized carbons (Fsp3) is 0.167. The highest BCUT2D eigenvalue weighted by molar-refractivity contribution is 6.31. The van der Waals surface area contributed by atoms with E-state index in [0.717, 1.165) is 24.1 Å². The number of ether oxygens (including phenoxy) is 1. The van der Waals surface area contributed by atoms with Gasteiger partial charge in [-0.3, -0.25) is 4.79 Å². The molecule has 31 heavy (non-hydrogen) atoms. The molecule has 3 aromatic rings. The van der Waals surface area contributed by atoms with Gasteiger partial charge in [0.25, 0.3) is 5.91 Å². The lowest BCUT2D eigenvalue weighted by Crippen LogP contribution is -2.35. The van der Waals surface area contributed by atoms with Crippen molar-refractivity contribution in [2.75, 3.05) is 29.2 Å². The van der Waals surface area contributed by atoms with Crippen molar-refractivity contribution in [3.8, 4) is 5.75 Å². The Bertz CT molecular complexity index is 1120. The van der Waals surface area contributed by atoms with E-state index in [-0.39, 0.29) is 5.91 Å². The van der Waals surface area contributed by atoms with E-state index in [2.05, 4.69) is 10.6 Å². The Morgan fingerprint density at radius 1 is 1.00 bits per heavy atom. The molecule has 0 bridgehead atoms. The number of fused-ring (bicyclic) bond motifs is 1. The third-order valence-corrected chi connectivity index (χ3v) is 5.37. The van der Waals surface area contributed by atoms with Gasteiger partial charge in [-0.1, -0.05) is 35.9 Å². The molecular formula is C24H22ClN3O3. The van der Waals surface area contributed by atoms with E-state index in [9.17, 15) is 9.59 Å². The SMILES string of the molecule is COc1ccc(Cl)cc1NC(=O)Nc1ccc2c(c1)N(C(=O)c1ccccc1)CCC2. The van der Waals surface area contributed by atoms with Crippen molar-refractivity contribution in [3.63, 3.8) is 0 Å². The standard InChI is InChI=1S/C24H22ClN3O3/c1-31-22-12-10-18(25)14-20(22)27-24(30)26-19-11-9-16-8-5-13-28(21(16)15-19)23(29)17-6-3-2-4-7-17/h2-4,6-7,9-12,14-15H,5,8,13H2,1H3,(H2,26,27,30). The monoisotopic (exact) mass is 435 g/mol. The number of nitrogens with zero attached hydrogens (tertiary/aromatic N) is 1. The van der Waals surface area contributed by atoms with Crippen LogP contribution >= 0.6 is 11.6 Å². The Hall–Kier alpha value is -3.51. The number of halogens is 1. The number of carbonyl (C=O) groups is 2. The van der Waals surface area contributed by atoms with Gasteiger partial charge < -0.3 is 20.3 Å². The maximum absolute atomic E-state index is 13.0. The summed E-state index contributed by atoms with van der Waals surface area (Å²) in [6.45, 7) is 0.635. The predicted octanol–water partition coefficient (Wildman–Crippen LogP) is 5.59. The van der Waals surface area contributed by atoms with Gasteiger partial charge in [0.15, 0.2) is 0 Å². The molecule has 0 radical (unpaired) electrons. The van der Waals surface area contributed by atoms with Crippen LogP contribution in [0.4, 0.5) is 21.9 Å². The van der Waals surface area contributed by atoms with Crippen LogP contribution in [0.3, 0.4) is 0 Å². The summed E-state index contributed by atoms with van der Waals surface area (Å²) in [6, 6.07) is 19.4. The summed E-state index contributed by atoms with van der Waals surface area (Å²) < 4.78 is 5.26. The molecule has 0 saturated carbocycles. The maximum atomic E-state index is 13.0. The number of methoxy groups -OCH3 is 1. The third-order valence-electron chi connectivity index (χ3n) is 5.14. The summed E-state index contributed by atoms with van der Waals surface area (Å²) in [5, 5.41) is 6.06. The Kier molecular flexibility index (Phi) is 6.09. The minimum Gasteiger partial charge on any atom is -0.495 e. The number of carbonyl (C=O) groups excluding carboxylic acids is 2. The first-order valence-electron chi connectivity index (χ1n) is 9.96. The van der Waals surface area contributed by atoms with Crippen molar-refractivity contribution < 1.29 is 14.3 Å². The molecule has 0 spiro atoms. The van der Waals surface area contributed by atoms with E-state index in [1.807, 2.05) is 48.5 Å². The molecule has 3 amide bonds. The number of nitrogens with one attached hydrogen (secondary N) is 2. The summed E-state index contributed by atoms with van der Waals surface area (Å²) in [6.07, 6.45) is 1.79. The minimum absolute atomic E-state index is 0.0492. The fourth-order valence-corrected chi connectivity index (χ4v) is 3.83.